The van der Waals surface area contributed by atoms with Gasteiger partial charge in [0.2, 0.25) is 17.0 Å². The van der Waals surface area contributed by atoms with E-state index in [1.807, 2.05) is 73.9 Å². The van der Waals surface area contributed by atoms with Gasteiger partial charge in [0.1, 0.15) is 110 Å². The Kier molecular flexibility index (Phi) is 32.1. The van der Waals surface area contributed by atoms with Crippen molar-refractivity contribution in [2.45, 2.75) is 200 Å². The summed E-state index contributed by atoms with van der Waals surface area (Å²) in [5, 5.41) is 29.8. The Bertz CT molecular complexity index is 5820. The summed E-state index contributed by atoms with van der Waals surface area (Å²) in [4.78, 5) is 149. The largest absolute Gasteiger partial charge is 0.480 e. The number of pyridine rings is 3. The van der Waals surface area contributed by atoms with Gasteiger partial charge in [-0.2, -0.15) is 44.4 Å². The Morgan fingerprint density at radius 2 is 0.769 bits per heavy atom. The van der Waals surface area contributed by atoms with Gasteiger partial charge < -0.3 is 56.6 Å². The molecule has 8 aromatic rings. The molecule has 35 nitrogen and oxygen atoms in total. The molecule has 10 N–H and O–H groups in total. The minimum atomic E-state index is -4.86. The molecule has 5 aliphatic carbocycles. The van der Waals surface area contributed by atoms with Crippen molar-refractivity contribution >= 4 is 131 Å². The van der Waals surface area contributed by atoms with Crippen LogP contribution in [0.5, 0.6) is 0 Å². The lowest BCUT2D eigenvalue weighted by Gasteiger charge is -2.29. The first-order valence-electron chi connectivity index (χ1n) is 41.7. The molecule has 134 heavy (non-hydrogen) atoms. The fourth-order valence-electron chi connectivity index (χ4n) is 12.0. The van der Waals surface area contributed by atoms with Gasteiger partial charge in [-0.1, -0.05) is 59.6 Å². The maximum Gasteiger partial charge on any atom is 0.480 e. The molecule has 11 heterocycles. The lowest BCUT2D eigenvalue weighted by molar-refractivity contribution is -0.213. The highest BCUT2D eigenvalue weighted by Gasteiger charge is 2.62. The molecule has 0 aromatic carbocycles. The third-order valence-electron chi connectivity index (χ3n) is 19.7. The van der Waals surface area contributed by atoms with Crippen LogP contribution in [0.3, 0.4) is 0 Å². The van der Waals surface area contributed by atoms with Crippen LogP contribution < -0.4 is 59.2 Å². The van der Waals surface area contributed by atoms with Gasteiger partial charge in [0, 0.05) is 30.3 Å². The number of hydrogen-bond acceptors (Lipinski definition) is 27. The lowest BCUT2D eigenvalue weighted by atomic mass is 9.91. The van der Waals surface area contributed by atoms with Crippen molar-refractivity contribution in [2.24, 2.45) is 29.6 Å². The first-order valence-corrected chi connectivity index (χ1v) is 42.5. The highest BCUT2D eigenvalue weighted by Crippen LogP contribution is 2.42. The number of nitrogens with zero attached hydrogens (tertiary/aromatic N) is 14. The molecule has 47 heteroatoms. The quantitative estimate of drug-likeness (QED) is 0.0188. The van der Waals surface area contributed by atoms with E-state index in [4.69, 9.17) is 53.2 Å². The Balaban J connectivity index is 0.000000166. The normalized spacial score (nSPS) is 18.9. The fraction of sp³-hybridized carbons (Fsp3) is 0.414. The standard InChI is InChI=1S/2C18H16F3N5O2.C14H20ClN3O4.C14H19N3O2.C9H6ClF3N2O2.C9H11N3.C5H9BO2/c2*1-17(18(19,20)21)25-15(27)13-7-6-12(16(28)26(13)17)24-14-8-11(22-9-23-14)5-4-10-2-3-10;1-13(2,3)21-11(19)18(12(20)22-14(4,5)6)10-7-9(15)16-8-17-10;1-14(2,3)19-13(18)17-12-8-11(15-9-16-12)7-6-10-4-5-10;1-8(9(11,12)13)14-6(16)5-3-2-4(10)7(17)15(5)8;10-9-5-8(11-6-12-9)4-3-7-1-2-7;7-6(8)4-3-5-1-2-5/h2*4-10H,2-3H2,1H3,(H,25,27)(H,22,23,24);7-8H,1-6H3;6-10H,4-5H2,1-3H3,(H,15,16,17,18);2-3H,1H3,(H,14,16);3-7H,1-2H2,(H2,10,11,12);3-5,7-8H,1-2H2/b2*5-4+;;7-6+;;2*4-3+. The monoisotopic (exact) mass is 1910 g/mol. The second-order valence-corrected chi connectivity index (χ2v) is 35.8. The number of imide groups is 1. The average molecular weight is 1910 g/mol. The van der Waals surface area contributed by atoms with Crippen molar-refractivity contribution < 1.29 is 92.5 Å². The van der Waals surface area contributed by atoms with Crippen LogP contribution in [0.1, 0.15) is 202 Å². The molecule has 6 amide bonds. The topological polar surface area (TPSA) is 467 Å². The first kappa shape index (κ1) is 103. The van der Waals surface area contributed by atoms with Gasteiger partial charge in [-0.3, -0.25) is 47.8 Å². The number of alkyl halides is 9. The van der Waals surface area contributed by atoms with Crippen molar-refractivity contribution in [3.05, 3.63) is 216 Å². The number of rotatable bonds is 16. The minimum Gasteiger partial charge on any atom is -0.444 e. The number of allylic oxidation sites excluding steroid dienone is 5. The molecule has 5 saturated carbocycles. The molecule has 5 fully saturated rings. The van der Waals surface area contributed by atoms with Gasteiger partial charge in [-0.15, -0.1) is 0 Å². The summed E-state index contributed by atoms with van der Waals surface area (Å²) >= 11 is 11.3. The lowest BCUT2D eigenvalue weighted by Crippen LogP contribution is -2.55. The van der Waals surface area contributed by atoms with E-state index in [1.165, 1.54) is 100 Å². The van der Waals surface area contributed by atoms with E-state index in [0.29, 0.717) is 72.2 Å². The molecular formula is C87H97BCl2F9N21O14. The van der Waals surface area contributed by atoms with Crippen LogP contribution >= 0.6 is 23.2 Å². The maximum atomic E-state index is 13.5. The molecule has 8 aromatic heterocycles. The highest BCUT2D eigenvalue weighted by atomic mass is 35.5. The molecule has 3 atom stereocenters. The van der Waals surface area contributed by atoms with Crippen molar-refractivity contribution in [2.75, 3.05) is 26.6 Å². The van der Waals surface area contributed by atoms with Gasteiger partial charge in [-0.05, 0) is 238 Å². The van der Waals surface area contributed by atoms with E-state index in [-0.39, 0.29) is 56.1 Å². The zero-order chi connectivity index (χ0) is 98.6. The molecule has 0 spiro atoms. The number of halogens is 11. The molecule has 0 saturated heterocycles. The third-order valence-corrected chi connectivity index (χ3v) is 20.2. The van der Waals surface area contributed by atoms with Crippen LogP contribution in [0.25, 0.3) is 24.3 Å². The van der Waals surface area contributed by atoms with Gasteiger partial charge in [-0.25, -0.2) is 64.2 Å². The average Bonchev–Trinajstić information content (AvgIpc) is 1.58. The minimum absolute atomic E-state index is 0.0245. The Hall–Kier alpha value is -13.3. The van der Waals surface area contributed by atoms with E-state index >= 15 is 0 Å². The van der Waals surface area contributed by atoms with E-state index in [1.54, 1.807) is 71.1 Å². The number of hydrogen-bond donors (Lipinski definition) is 9. The van der Waals surface area contributed by atoms with E-state index in [9.17, 15) is 82.7 Å². The van der Waals surface area contributed by atoms with E-state index in [2.05, 4.69) is 77.9 Å². The third kappa shape index (κ3) is 28.9. The molecule has 0 radical (unpaired) electrons. The molecule has 714 valence electrons. The van der Waals surface area contributed by atoms with Crippen LogP contribution in [-0.4, -0.2) is 152 Å². The summed E-state index contributed by atoms with van der Waals surface area (Å²) in [6, 6.07) is 15.0. The number of carbonyl (C=O) groups is 6. The summed E-state index contributed by atoms with van der Waals surface area (Å²) < 4.78 is 137. The van der Waals surface area contributed by atoms with Gasteiger partial charge in [0.05, 0.1) is 22.8 Å². The number of anilines is 7. The number of nitrogens with one attached hydrogen (secondary N) is 6. The zero-order valence-electron chi connectivity index (χ0n) is 74.3. The Morgan fingerprint density at radius 1 is 0.448 bits per heavy atom. The molecule has 3 aliphatic heterocycles. The smallest absolute Gasteiger partial charge is 0.444 e. The summed E-state index contributed by atoms with van der Waals surface area (Å²) in [5.74, 6) is 3.21. The van der Waals surface area contributed by atoms with Crippen molar-refractivity contribution in [3.8, 4) is 0 Å². The van der Waals surface area contributed by atoms with Crippen molar-refractivity contribution in [1.29, 1.82) is 0 Å². The first-order chi connectivity index (χ1) is 62.5. The second kappa shape index (κ2) is 41.9. The van der Waals surface area contributed by atoms with Crippen LogP contribution in [-0.2, 0) is 31.2 Å². The molecule has 8 aliphatic rings. The molecule has 3 unspecified atom stereocenters. The Labute approximate surface area is 771 Å². The summed E-state index contributed by atoms with van der Waals surface area (Å²) in [6.07, 6.45) is 19.8. The van der Waals surface area contributed by atoms with E-state index < -0.39 is 112 Å². The Morgan fingerprint density at radius 3 is 1.10 bits per heavy atom. The van der Waals surface area contributed by atoms with Crippen molar-refractivity contribution in [1.82, 2.24) is 79.5 Å². The summed E-state index contributed by atoms with van der Waals surface area (Å²) in [5.41, 5.74) is -6.44. The number of fused-ring (bicyclic) bond motifs is 3. The van der Waals surface area contributed by atoms with Gasteiger partial charge >= 0.3 is 43.9 Å². The van der Waals surface area contributed by atoms with E-state index in [0.717, 1.165) is 75.3 Å². The number of amides is 6. The number of ether oxygens (including phenoxy) is 3. The summed E-state index contributed by atoms with van der Waals surface area (Å²) in [6.45, 7) is 17.8. The number of carbonyl (C=O) groups excluding carboxylic acids is 6. The molecule has 16 rings (SSSR count). The number of aromatic nitrogens is 13. The maximum absolute atomic E-state index is 13.5. The fourth-order valence-corrected chi connectivity index (χ4v) is 12.3. The molecular weight excluding hydrogens is 1820 g/mol. The van der Waals surface area contributed by atoms with Crippen LogP contribution in [0.4, 0.5) is 94.4 Å². The van der Waals surface area contributed by atoms with Gasteiger partial charge in [0.15, 0.2) is 5.82 Å². The SMILES string of the molecule is CC(C)(C)OC(=O)N(C(=O)OC(C)(C)C)c1cc(Cl)ncn1.CC(C)(C)OC(=O)Nc1cc(/C=C/C2CC2)ncn1.CC1(C(F)(F)F)NC(=O)c2ccc(Cl)c(=O)n21.CC1(C(F)(F)F)NC(=O)c2ccc(Nc3cc(/C=C/C4CC4)ncn3)c(=O)n21.CC1(C(F)(F)F)NC(=O)c2ccc(Nc3cc(/C=C/C4CC4)ncn3)c(=O)n21.Nc1cc(/C=C/C2CC2)ncn1.OB(O)/C=C/C1CC1. The van der Waals surface area contributed by atoms with Gasteiger partial charge in [0.25, 0.3) is 34.4 Å². The number of nitrogens with two attached hydrogens (primary N) is 1. The summed E-state index contributed by atoms with van der Waals surface area (Å²) in [7, 11) is -1.25. The predicted molar refractivity (Wildman–Crippen MR) is 479 cm³/mol. The van der Waals surface area contributed by atoms with Crippen LogP contribution in [0.15, 0.2) is 149 Å². The van der Waals surface area contributed by atoms with Crippen molar-refractivity contribution in [3.63, 3.8) is 0 Å². The predicted octanol–water partition coefficient (Wildman–Crippen LogP) is 15.5. The van der Waals surface area contributed by atoms with Crippen LogP contribution in [0, 0.1) is 29.6 Å². The second-order valence-electron chi connectivity index (χ2n) is 35.0. The zero-order valence-corrected chi connectivity index (χ0v) is 75.8. The highest BCUT2D eigenvalue weighted by molar-refractivity contribution is 6.47. The number of nitrogen functional groups attached to an aromatic ring is 1. The molecule has 0 bridgehead atoms. The van der Waals surface area contributed by atoms with Crippen LogP contribution in [0.2, 0.25) is 10.2 Å².